The molecule has 0 amide bonds. The number of nitrogens with zero attached hydrogens (tertiary/aromatic N) is 2. The number of Topliss-reactive ketones (excluding diaryl/α,β-unsaturated/α-hetero) is 2. The van der Waals surface area contributed by atoms with Crippen molar-refractivity contribution in [2.24, 2.45) is 4.99 Å². The Bertz CT molecular complexity index is 764. The maximum atomic E-state index is 12.0. The van der Waals surface area contributed by atoms with Gasteiger partial charge in [0.25, 0.3) is 0 Å². The van der Waals surface area contributed by atoms with Gasteiger partial charge in [0.15, 0.2) is 11.6 Å². The Morgan fingerprint density at radius 3 is 2.73 bits per heavy atom. The molecule has 5 heteroatoms. The molecule has 0 saturated heterocycles. The summed E-state index contributed by atoms with van der Waals surface area (Å²) in [5.41, 5.74) is 2.49. The Morgan fingerprint density at radius 1 is 1.23 bits per heavy atom. The fourth-order valence-corrected chi connectivity index (χ4v) is 2.24. The third kappa shape index (κ3) is 2.93. The average molecular weight is 294 g/mol. The van der Waals surface area contributed by atoms with E-state index in [2.05, 4.69) is 9.98 Å². The molecule has 2 heterocycles. The zero-order chi connectivity index (χ0) is 15.5. The lowest BCUT2D eigenvalue weighted by molar-refractivity contribution is 0.0994. The third-order valence-electron chi connectivity index (χ3n) is 3.41. The van der Waals surface area contributed by atoms with Gasteiger partial charge in [0.2, 0.25) is 0 Å². The van der Waals surface area contributed by atoms with Crippen LogP contribution in [0.3, 0.4) is 0 Å². The minimum absolute atomic E-state index is 0.0120. The molecule has 1 aromatic carbocycles. The normalized spacial score (nSPS) is 13.3. The first-order valence-corrected chi connectivity index (χ1v) is 6.91. The van der Waals surface area contributed by atoms with Gasteiger partial charge in [0.1, 0.15) is 12.4 Å². The molecule has 110 valence electrons. The number of fused-ring (bicyclic) bond motifs is 1. The van der Waals surface area contributed by atoms with Gasteiger partial charge in [-0.15, -0.1) is 0 Å². The van der Waals surface area contributed by atoms with E-state index in [1.54, 1.807) is 42.7 Å². The largest absolute Gasteiger partial charge is 0.488 e. The Hall–Kier alpha value is -2.82. The van der Waals surface area contributed by atoms with Gasteiger partial charge in [-0.1, -0.05) is 0 Å². The molecular weight excluding hydrogens is 280 g/mol. The van der Waals surface area contributed by atoms with Crippen LogP contribution in [0.5, 0.6) is 5.75 Å². The smallest absolute Gasteiger partial charge is 0.170 e. The Morgan fingerprint density at radius 2 is 2.00 bits per heavy atom. The molecule has 1 aliphatic heterocycles. The summed E-state index contributed by atoms with van der Waals surface area (Å²) in [6.45, 7) is 1.75. The standard InChI is InChI=1S/C17H14N2O3/c1-11(20)12-2-4-14(5-3-12)22-10-13-8-17(21)15-6-7-18-9-16(15)19-13/h2-7,9H,8,10H2,1H3. The SMILES string of the molecule is CC(=O)c1ccc(OCC2=Nc3cnccc3C(=O)C2)cc1. The van der Waals surface area contributed by atoms with E-state index in [4.69, 9.17) is 4.74 Å². The van der Waals surface area contributed by atoms with E-state index in [1.165, 1.54) is 6.92 Å². The first-order valence-electron chi connectivity index (χ1n) is 6.91. The monoisotopic (exact) mass is 294 g/mol. The van der Waals surface area contributed by atoms with Gasteiger partial charge in [-0.3, -0.25) is 19.6 Å². The van der Waals surface area contributed by atoms with Crippen LogP contribution in [0.4, 0.5) is 5.69 Å². The van der Waals surface area contributed by atoms with Crippen LogP contribution in [0.15, 0.2) is 47.7 Å². The molecule has 3 rings (SSSR count). The van der Waals surface area contributed by atoms with Crippen LogP contribution >= 0.6 is 0 Å². The second-order valence-electron chi connectivity index (χ2n) is 5.04. The van der Waals surface area contributed by atoms with Crippen molar-refractivity contribution in [2.45, 2.75) is 13.3 Å². The topological polar surface area (TPSA) is 68.6 Å². The summed E-state index contributed by atoms with van der Waals surface area (Å²) >= 11 is 0. The molecular formula is C17H14N2O3. The van der Waals surface area contributed by atoms with Crippen LogP contribution in [-0.4, -0.2) is 28.9 Å². The van der Waals surface area contributed by atoms with E-state index >= 15 is 0 Å². The molecule has 0 saturated carbocycles. The summed E-state index contributed by atoms with van der Waals surface area (Å²) in [6.07, 6.45) is 3.42. The number of pyridine rings is 1. The van der Waals surface area contributed by atoms with Gasteiger partial charge in [0.05, 0.1) is 24.0 Å². The summed E-state index contributed by atoms with van der Waals surface area (Å²) < 4.78 is 5.63. The van der Waals surface area contributed by atoms with E-state index in [0.29, 0.717) is 28.3 Å². The van der Waals surface area contributed by atoms with Crippen LogP contribution in [0.2, 0.25) is 0 Å². The predicted octanol–water partition coefficient (Wildman–Crippen LogP) is 3.02. The zero-order valence-electron chi connectivity index (χ0n) is 12.1. The van der Waals surface area contributed by atoms with Crippen molar-refractivity contribution in [2.75, 3.05) is 6.61 Å². The lowest BCUT2D eigenvalue weighted by Crippen LogP contribution is -2.19. The van der Waals surface area contributed by atoms with Crippen molar-refractivity contribution in [3.63, 3.8) is 0 Å². The first-order chi connectivity index (χ1) is 10.6. The number of carbonyl (C=O) groups is 2. The highest BCUT2D eigenvalue weighted by Crippen LogP contribution is 2.24. The first kappa shape index (κ1) is 14.1. The second kappa shape index (κ2) is 5.89. The van der Waals surface area contributed by atoms with Crippen molar-refractivity contribution < 1.29 is 14.3 Å². The maximum absolute atomic E-state index is 12.0. The fourth-order valence-electron chi connectivity index (χ4n) is 2.24. The number of ether oxygens (including phenoxy) is 1. The van der Waals surface area contributed by atoms with Gasteiger partial charge < -0.3 is 4.74 Å². The molecule has 0 radical (unpaired) electrons. The molecule has 0 fully saturated rings. The second-order valence-corrected chi connectivity index (χ2v) is 5.04. The van der Waals surface area contributed by atoms with E-state index in [0.717, 1.165) is 0 Å². The lowest BCUT2D eigenvalue weighted by Gasteiger charge is -2.14. The van der Waals surface area contributed by atoms with Crippen molar-refractivity contribution in [1.82, 2.24) is 4.98 Å². The molecule has 0 atom stereocenters. The fraction of sp³-hybridized carbons (Fsp3) is 0.176. The molecule has 1 aliphatic rings. The Kier molecular flexibility index (Phi) is 3.78. The zero-order valence-corrected chi connectivity index (χ0v) is 12.1. The van der Waals surface area contributed by atoms with E-state index in [-0.39, 0.29) is 24.6 Å². The molecule has 0 spiro atoms. The van der Waals surface area contributed by atoms with Crippen LogP contribution in [-0.2, 0) is 0 Å². The highest BCUT2D eigenvalue weighted by Gasteiger charge is 2.20. The van der Waals surface area contributed by atoms with Crippen molar-refractivity contribution >= 4 is 23.0 Å². The molecule has 0 aliphatic carbocycles. The van der Waals surface area contributed by atoms with Crippen molar-refractivity contribution in [3.05, 3.63) is 53.9 Å². The molecule has 2 aromatic rings. The summed E-state index contributed by atoms with van der Waals surface area (Å²) in [5, 5.41) is 0. The van der Waals surface area contributed by atoms with Gasteiger partial charge in [-0.05, 0) is 37.3 Å². The van der Waals surface area contributed by atoms with Gasteiger partial charge >= 0.3 is 0 Å². The van der Waals surface area contributed by atoms with Crippen molar-refractivity contribution in [3.8, 4) is 5.75 Å². The quantitative estimate of drug-likeness (QED) is 0.813. The summed E-state index contributed by atoms with van der Waals surface area (Å²) in [7, 11) is 0. The number of rotatable bonds is 4. The molecule has 0 unspecified atom stereocenters. The van der Waals surface area contributed by atoms with Crippen LogP contribution in [0.25, 0.3) is 0 Å². The summed E-state index contributed by atoms with van der Waals surface area (Å²) in [4.78, 5) is 31.6. The number of aromatic nitrogens is 1. The summed E-state index contributed by atoms with van der Waals surface area (Å²) in [6, 6.07) is 8.57. The van der Waals surface area contributed by atoms with Gasteiger partial charge in [-0.2, -0.15) is 0 Å². The molecule has 0 N–H and O–H groups in total. The molecule has 1 aromatic heterocycles. The predicted molar refractivity (Wildman–Crippen MR) is 82.2 cm³/mol. The minimum atomic E-state index is 0.0120. The molecule has 0 bridgehead atoms. The van der Waals surface area contributed by atoms with Crippen LogP contribution in [0, 0.1) is 0 Å². The van der Waals surface area contributed by atoms with Crippen LogP contribution in [0.1, 0.15) is 34.1 Å². The van der Waals surface area contributed by atoms with Gasteiger partial charge in [0, 0.05) is 17.3 Å². The molecule has 5 nitrogen and oxygen atoms in total. The minimum Gasteiger partial charge on any atom is -0.488 e. The van der Waals surface area contributed by atoms with E-state index in [1.807, 2.05) is 0 Å². The van der Waals surface area contributed by atoms with E-state index in [9.17, 15) is 9.59 Å². The third-order valence-corrected chi connectivity index (χ3v) is 3.41. The van der Waals surface area contributed by atoms with Crippen molar-refractivity contribution in [1.29, 1.82) is 0 Å². The highest BCUT2D eigenvalue weighted by molar-refractivity contribution is 6.16. The molecule has 22 heavy (non-hydrogen) atoms. The average Bonchev–Trinajstić information content (AvgIpc) is 2.53. The van der Waals surface area contributed by atoms with Gasteiger partial charge in [-0.25, -0.2) is 0 Å². The number of aliphatic imine (C=N–C) groups is 1. The van der Waals surface area contributed by atoms with E-state index < -0.39 is 0 Å². The highest BCUT2D eigenvalue weighted by atomic mass is 16.5. The number of benzene rings is 1. The number of hydrogen-bond acceptors (Lipinski definition) is 5. The maximum Gasteiger partial charge on any atom is 0.170 e. The number of carbonyl (C=O) groups excluding carboxylic acids is 2. The summed E-state index contributed by atoms with van der Waals surface area (Å²) in [5.74, 6) is 0.674. The Labute approximate surface area is 127 Å². The lowest BCUT2D eigenvalue weighted by atomic mass is 10.0. The number of hydrogen-bond donors (Lipinski definition) is 0. The number of ketones is 2. The Balaban J connectivity index is 1.71. The van der Waals surface area contributed by atoms with Crippen LogP contribution < -0.4 is 4.74 Å².